The molecule has 0 aromatic heterocycles. The van der Waals surface area contributed by atoms with Gasteiger partial charge in [-0.15, -0.1) is 0 Å². The molecule has 0 aliphatic rings. The maximum Gasteiger partial charge on any atom is 0.242 e. The molecule has 0 radical (unpaired) electrons. The summed E-state index contributed by atoms with van der Waals surface area (Å²) in [7, 11) is 3.17. The highest BCUT2D eigenvalue weighted by Gasteiger charge is 2.22. The van der Waals surface area contributed by atoms with E-state index in [1.54, 1.807) is 14.2 Å². The number of halogens is 5. The third kappa shape index (κ3) is 5.90. The second kappa shape index (κ2) is 11.0. The van der Waals surface area contributed by atoms with Gasteiger partial charge in [0.25, 0.3) is 0 Å². The minimum Gasteiger partial charge on any atom is -0.497 e. The van der Waals surface area contributed by atoms with Crippen LogP contribution in [0, 0.1) is 5.82 Å². The highest BCUT2D eigenvalue weighted by Crippen LogP contribution is 2.37. The maximum atomic E-state index is 15.3. The molecule has 0 amide bonds. The van der Waals surface area contributed by atoms with Crippen LogP contribution in [0.5, 0.6) is 11.5 Å². The van der Waals surface area contributed by atoms with Crippen LogP contribution in [0.15, 0.2) is 59.1 Å². The first kappa shape index (κ1) is 24.3. The van der Waals surface area contributed by atoms with Gasteiger partial charge in [-0.2, -0.15) is 0 Å². The van der Waals surface area contributed by atoms with Crippen molar-refractivity contribution in [1.29, 1.82) is 0 Å². The molecule has 3 rings (SSSR count). The van der Waals surface area contributed by atoms with Gasteiger partial charge in [0.1, 0.15) is 11.5 Å². The lowest BCUT2D eigenvalue weighted by Gasteiger charge is -2.27. The normalized spacial score (nSPS) is 11.0. The summed E-state index contributed by atoms with van der Waals surface area (Å²) in [4.78, 5) is 1.81. The average Bonchev–Trinajstić information content (AvgIpc) is 2.79. The first-order valence-electron chi connectivity index (χ1n) is 9.77. The SMILES string of the molecule is COc1ccc(CN(Cc2ccc(OC)cc2)c2cc(Br)c(CC(F)F)c(Cl)c2F)cc1. The predicted octanol–water partition coefficient (Wildman–Crippen LogP) is 7.27. The number of rotatable bonds is 9. The summed E-state index contributed by atoms with van der Waals surface area (Å²) in [5.41, 5.74) is 2.11. The Labute approximate surface area is 198 Å². The van der Waals surface area contributed by atoms with Crippen molar-refractivity contribution in [3.05, 3.63) is 86.6 Å². The second-order valence-electron chi connectivity index (χ2n) is 7.13. The molecule has 0 aliphatic carbocycles. The van der Waals surface area contributed by atoms with E-state index < -0.39 is 18.7 Å². The number of hydrogen-bond donors (Lipinski definition) is 0. The lowest BCUT2D eigenvalue weighted by atomic mass is 10.1. The molecular formula is C24H22BrClF3NO2. The molecule has 32 heavy (non-hydrogen) atoms. The smallest absolute Gasteiger partial charge is 0.242 e. The molecule has 0 atom stereocenters. The van der Waals surface area contributed by atoms with E-state index in [2.05, 4.69) is 15.9 Å². The number of alkyl halides is 2. The van der Waals surface area contributed by atoms with Crippen LogP contribution in [-0.4, -0.2) is 20.6 Å². The summed E-state index contributed by atoms with van der Waals surface area (Å²) in [5.74, 6) is 0.695. The van der Waals surface area contributed by atoms with Gasteiger partial charge >= 0.3 is 0 Å². The van der Waals surface area contributed by atoms with E-state index in [9.17, 15) is 8.78 Å². The van der Waals surface area contributed by atoms with Gasteiger partial charge in [-0.3, -0.25) is 0 Å². The molecule has 3 aromatic rings. The number of hydrogen-bond acceptors (Lipinski definition) is 3. The van der Waals surface area contributed by atoms with Crippen LogP contribution in [0.1, 0.15) is 16.7 Å². The summed E-state index contributed by atoms with van der Waals surface area (Å²) in [6, 6.07) is 16.4. The quantitative estimate of drug-likeness (QED) is 0.273. The van der Waals surface area contributed by atoms with Gasteiger partial charge in [0, 0.05) is 24.0 Å². The van der Waals surface area contributed by atoms with Crippen molar-refractivity contribution in [2.24, 2.45) is 0 Å². The van der Waals surface area contributed by atoms with Crippen molar-refractivity contribution < 1.29 is 22.6 Å². The molecule has 170 valence electrons. The molecule has 0 heterocycles. The van der Waals surface area contributed by atoms with Gasteiger partial charge in [0.05, 0.1) is 24.9 Å². The van der Waals surface area contributed by atoms with Crippen LogP contribution < -0.4 is 14.4 Å². The fraction of sp³-hybridized carbons (Fsp3) is 0.250. The standard InChI is InChI=1S/C24H22BrClF3NO2/c1-31-17-7-3-15(4-8-17)13-30(14-16-5-9-18(32-2)10-6-16)21-12-20(25)19(11-22(27)28)23(26)24(21)29/h3-10,12,22H,11,13-14H2,1-2H3. The minimum atomic E-state index is -2.64. The van der Waals surface area contributed by atoms with Crippen molar-refractivity contribution in [3.63, 3.8) is 0 Å². The number of anilines is 1. The zero-order valence-electron chi connectivity index (χ0n) is 17.5. The van der Waals surface area contributed by atoms with Crippen LogP contribution in [0.4, 0.5) is 18.9 Å². The Morgan fingerprint density at radius 2 is 1.38 bits per heavy atom. The van der Waals surface area contributed by atoms with Crippen LogP contribution in [0.2, 0.25) is 5.02 Å². The Balaban J connectivity index is 2.00. The molecule has 8 heteroatoms. The van der Waals surface area contributed by atoms with Crippen molar-refractivity contribution in [3.8, 4) is 11.5 Å². The zero-order valence-corrected chi connectivity index (χ0v) is 19.9. The summed E-state index contributed by atoms with van der Waals surface area (Å²) < 4.78 is 51.9. The van der Waals surface area contributed by atoms with Crippen molar-refractivity contribution in [1.82, 2.24) is 0 Å². The molecular weight excluding hydrogens is 507 g/mol. The third-order valence-corrected chi connectivity index (χ3v) is 6.10. The molecule has 0 fully saturated rings. The Hall–Kier alpha value is -2.38. The Morgan fingerprint density at radius 3 is 1.78 bits per heavy atom. The number of nitrogens with zero attached hydrogens (tertiary/aromatic N) is 1. The van der Waals surface area contributed by atoms with Crippen LogP contribution >= 0.6 is 27.5 Å². The van der Waals surface area contributed by atoms with Crippen molar-refractivity contribution >= 4 is 33.2 Å². The molecule has 3 nitrogen and oxygen atoms in total. The zero-order chi connectivity index (χ0) is 23.3. The molecule has 0 N–H and O–H groups in total. The topological polar surface area (TPSA) is 21.7 Å². The van der Waals surface area contributed by atoms with Crippen LogP contribution in [-0.2, 0) is 19.5 Å². The van der Waals surface area contributed by atoms with Gasteiger partial charge < -0.3 is 14.4 Å². The van der Waals surface area contributed by atoms with E-state index in [1.807, 2.05) is 53.4 Å². The van der Waals surface area contributed by atoms with Gasteiger partial charge in [-0.05, 0) is 47.0 Å². The Kier molecular flexibility index (Phi) is 8.32. The molecule has 3 aromatic carbocycles. The second-order valence-corrected chi connectivity index (χ2v) is 8.36. The van der Waals surface area contributed by atoms with Gasteiger partial charge in [-0.1, -0.05) is 51.8 Å². The van der Waals surface area contributed by atoms with Gasteiger partial charge in [0.2, 0.25) is 6.43 Å². The van der Waals surface area contributed by atoms with E-state index in [0.29, 0.717) is 29.1 Å². The molecule has 0 saturated carbocycles. The predicted molar refractivity (Wildman–Crippen MR) is 125 cm³/mol. The molecule has 0 unspecified atom stereocenters. The first-order valence-corrected chi connectivity index (χ1v) is 10.9. The number of ether oxygens (including phenoxy) is 2. The van der Waals surface area contributed by atoms with Gasteiger partial charge in [-0.25, -0.2) is 13.2 Å². The monoisotopic (exact) mass is 527 g/mol. The Morgan fingerprint density at radius 1 is 0.906 bits per heavy atom. The first-order chi connectivity index (χ1) is 15.3. The fourth-order valence-corrected chi connectivity index (χ4v) is 4.29. The van der Waals surface area contributed by atoms with E-state index in [1.165, 1.54) is 6.07 Å². The number of benzene rings is 3. The van der Waals surface area contributed by atoms with Crippen LogP contribution in [0.3, 0.4) is 0 Å². The third-order valence-electron chi connectivity index (χ3n) is 5.00. The fourth-order valence-electron chi connectivity index (χ4n) is 3.32. The molecule has 0 bridgehead atoms. The lowest BCUT2D eigenvalue weighted by molar-refractivity contribution is 0.149. The highest BCUT2D eigenvalue weighted by atomic mass is 79.9. The van der Waals surface area contributed by atoms with E-state index in [0.717, 1.165) is 11.1 Å². The summed E-state index contributed by atoms with van der Waals surface area (Å²) in [6.45, 7) is 0.730. The highest BCUT2D eigenvalue weighted by molar-refractivity contribution is 9.10. The maximum absolute atomic E-state index is 15.3. The molecule has 0 saturated heterocycles. The summed E-state index contributed by atoms with van der Waals surface area (Å²) >= 11 is 9.47. The van der Waals surface area contributed by atoms with E-state index in [4.69, 9.17) is 21.1 Å². The molecule has 0 aliphatic heterocycles. The van der Waals surface area contributed by atoms with Gasteiger partial charge in [0.15, 0.2) is 5.82 Å². The van der Waals surface area contributed by atoms with Crippen molar-refractivity contribution in [2.45, 2.75) is 25.9 Å². The van der Waals surface area contributed by atoms with Crippen molar-refractivity contribution in [2.75, 3.05) is 19.1 Å². The summed E-state index contributed by atoms with van der Waals surface area (Å²) in [5, 5.41) is -0.302. The Bertz CT molecular complexity index is 997. The largest absolute Gasteiger partial charge is 0.497 e. The summed E-state index contributed by atoms with van der Waals surface area (Å²) in [6.07, 6.45) is -3.27. The molecule has 0 spiro atoms. The number of methoxy groups -OCH3 is 2. The average molecular weight is 529 g/mol. The van der Waals surface area contributed by atoms with E-state index in [-0.39, 0.29) is 16.3 Å². The van der Waals surface area contributed by atoms with Crippen LogP contribution in [0.25, 0.3) is 0 Å². The lowest BCUT2D eigenvalue weighted by Crippen LogP contribution is -2.23. The minimum absolute atomic E-state index is 0.0526. The van der Waals surface area contributed by atoms with E-state index >= 15 is 4.39 Å².